The molecule has 1 aromatic rings. The molecule has 2 aliphatic rings. The number of aromatic nitrogens is 1. The number of nitrogens with zero attached hydrogens (tertiary/aromatic N) is 1. The fraction of sp³-hybridized carbons (Fsp3) is 0.526. The van der Waals surface area contributed by atoms with Gasteiger partial charge in [-0.3, -0.25) is 14.4 Å². The molecule has 0 saturated heterocycles. The van der Waals surface area contributed by atoms with Crippen molar-refractivity contribution in [1.29, 1.82) is 0 Å². The number of esters is 1. The lowest BCUT2D eigenvalue weighted by Gasteiger charge is -2.26. The average Bonchev–Trinajstić information content (AvgIpc) is 2.88. The van der Waals surface area contributed by atoms with Crippen LogP contribution in [0.4, 0.5) is 0 Å². The molecule has 0 aromatic carbocycles. The van der Waals surface area contributed by atoms with E-state index in [2.05, 4.69) is 5.32 Å². The highest BCUT2D eigenvalue weighted by molar-refractivity contribution is 6.26. The lowest BCUT2D eigenvalue weighted by molar-refractivity contribution is -0.147. The summed E-state index contributed by atoms with van der Waals surface area (Å²) in [6, 6.07) is 0. The number of carbonyl (C=O) groups is 3. The standard InChI is InChI=1S/C19H24N2O5/c1-10-14-9-13(26-12(3)22)5-7-21(14)17-15(10)19(24)16(11(2)18(17)23)20-6-8-25-4/h13,20H,5-9H2,1-4H3. The van der Waals surface area contributed by atoms with Crippen LogP contribution in [0.3, 0.4) is 0 Å². The highest BCUT2D eigenvalue weighted by Gasteiger charge is 2.38. The molecule has 140 valence electrons. The number of hydrogen-bond donors (Lipinski definition) is 1. The van der Waals surface area contributed by atoms with Crippen molar-refractivity contribution in [3.63, 3.8) is 0 Å². The van der Waals surface area contributed by atoms with Gasteiger partial charge in [0, 0.05) is 51.2 Å². The Morgan fingerprint density at radius 1 is 1.27 bits per heavy atom. The van der Waals surface area contributed by atoms with Gasteiger partial charge in [-0.2, -0.15) is 0 Å². The van der Waals surface area contributed by atoms with Crippen LogP contribution in [0.15, 0.2) is 11.3 Å². The van der Waals surface area contributed by atoms with E-state index in [0.29, 0.717) is 55.1 Å². The summed E-state index contributed by atoms with van der Waals surface area (Å²) in [7, 11) is 1.58. The number of allylic oxidation sites excluding steroid dienone is 2. The van der Waals surface area contributed by atoms with Crippen molar-refractivity contribution < 1.29 is 23.9 Å². The number of nitrogens with one attached hydrogen (secondary N) is 1. The second-order valence-corrected chi connectivity index (χ2v) is 6.75. The van der Waals surface area contributed by atoms with Crippen molar-refractivity contribution in [1.82, 2.24) is 9.88 Å². The molecule has 0 radical (unpaired) electrons. The van der Waals surface area contributed by atoms with Gasteiger partial charge >= 0.3 is 5.97 Å². The first-order valence-corrected chi connectivity index (χ1v) is 8.79. The minimum absolute atomic E-state index is 0.125. The molecule has 1 N–H and O–H groups in total. The Morgan fingerprint density at radius 2 is 2.00 bits per heavy atom. The summed E-state index contributed by atoms with van der Waals surface area (Å²) in [5, 5.41) is 3.04. The summed E-state index contributed by atoms with van der Waals surface area (Å²) in [5.74, 6) is -0.594. The second-order valence-electron chi connectivity index (χ2n) is 6.75. The van der Waals surface area contributed by atoms with Gasteiger partial charge in [-0.1, -0.05) is 0 Å². The molecule has 0 amide bonds. The van der Waals surface area contributed by atoms with E-state index in [1.54, 1.807) is 14.0 Å². The third-order valence-electron chi connectivity index (χ3n) is 5.06. The first-order chi connectivity index (χ1) is 12.4. The van der Waals surface area contributed by atoms with E-state index in [1.165, 1.54) is 6.92 Å². The summed E-state index contributed by atoms with van der Waals surface area (Å²) in [6.45, 7) is 6.39. The predicted molar refractivity (Wildman–Crippen MR) is 94.3 cm³/mol. The highest BCUT2D eigenvalue weighted by atomic mass is 16.5. The maximum Gasteiger partial charge on any atom is 0.302 e. The van der Waals surface area contributed by atoms with Gasteiger partial charge in [-0.05, 0) is 19.4 Å². The Kier molecular flexibility index (Phi) is 5.00. The van der Waals surface area contributed by atoms with Crippen LogP contribution in [0.2, 0.25) is 0 Å². The zero-order valence-corrected chi connectivity index (χ0v) is 15.6. The van der Waals surface area contributed by atoms with Gasteiger partial charge in [0.15, 0.2) is 0 Å². The summed E-state index contributed by atoms with van der Waals surface area (Å²) in [5.41, 5.74) is 3.43. The lowest BCUT2D eigenvalue weighted by atomic mass is 9.90. The SMILES string of the molecule is COCCNC1=C(C)C(=O)c2c(c(C)c3n2CCC(OC(C)=O)C3)C1=O. The van der Waals surface area contributed by atoms with Gasteiger partial charge in [0.25, 0.3) is 0 Å². The summed E-state index contributed by atoms with van der Waals surface area (Å²) in [6.07, 6.45) is 0.939. The summed E-state index contributed by atoms with van der Waals surface area (Å²) >= 11 is 0. The minimum Gasteiger partial charge on any atom is -0.462 e. The molecular formula is C19H24N2O5. The van der Waals surface area contributed by atoms with E-state index in [-0.39, 0.29) is 23.6 Å². The summed E-state index contributed by atoms with van der Waals surface area (Å²) < 4.78 is 12.3. The van der Waals surface area contributed by atoms with E-state index < -0.39 is 0 Å². The van der Waals surface area contributed by atoms with Crippen molar-refractivity contribution in [3.05, 3.63) is 33.8 Å². The minimum atomic E-state index is -0.313. The molecule has 1 aliphatic carbocycles. The molecule has 3 rings (SSSR count). The maximum atomic E-state index is 13.1. The molecular weight excluding hydrogens is 336 g/mol. The average molecular weight is 360 g/mol. The predicted octanol–water partition coefficient (Wildman–Crippen LogP) is 1.56. The molecule has 1 unspecified atom stereocenters. The number of Topliss-reactive ketones (excluding diaryl/α,β-unsaturated/α-hetero) is 2. The van der Waals surface area contributed by atoms with E-state index in [1.807, 2.05) is 11.5 Å². The van der Waals surface area contributed by atoms with E-state index in [9.17, 15) is 14.4 Å². The van der Waals surface area contributed by atoms with Crippen molar-refractivity contribution in [2.75, 3.05) is 20.3 Å². The zero-order valence-electron chi connectivity index (χ0n) is 15.6. The first kappa shape index (κ1) is 18.4. The third kappa shape index (κ3) is 2.96. The van der Waals surface area contributed by atoms with Crippen molar-refractivity contribution in [2.45, 2.75) is 46.3 Å². The number of fused-ring (bicyclic) bond motifs is 3. The Balaban J connectivity index is 1.98. The quantitative estimate of drug-likeness (QED) is 0.633. The number of ether oxygens (including phenoxy) is 2. The molecule has 0 bridgehead atoms. The van der Waals surface area contributed by atoms with E-state index in [4.69, 9.17) is 9.47 Å². The van der Waals surface area contributed by atoms with Crippen molar-refractivity contribution in [3.8, 4) is 0 Å². The molecule has 0 spiro atoms. The maximum absolute atomic E-state index is 13.1. The number of hydrogen-bond acceptors (Lipinski definition) is 6. The number of methoxy groups -OCH3 is 1. The van der Waals surface area contributed by atoms with Crippen LogP contribution in [0.5, 0.6) is 0 Å². The molecule has 2 heterocycles. The molecule has 7 nitrogen and oxygen atoms in total. The molecule has 26 heavy (non-hydrogen) atoms. The van der Waals surface area contributed by atoms with Crippen molar-refractivity contribution >= 4 is 17.5 Å². The fourth-order valence-corrected chi connectivity index (χ4v) is 3.82. The normalized spacial score (nSPS) is 19.3. The van der Waals surface area contributed by atoms with Gasteiger partial charge in [0.2, 0.25) is 11.6 Å². The van der Waals surface area contributed by atoms with Gasteiger partial charge < -0.3 is 19.4 Å². The van der Waals surface area contributed by atoms with Crippen LogP contribution in [-0.4, -0.2) is 48.5 Å². The Labute approximate surface area is 152 Å². The van der Waals surface area contributed by atoms with Crippen LogP contribution >= 0.6 is 0 Å². The zero-order chi connectivity index (χ0) is 19.0. The Bertz CT molecular complexity index is 818. The monoisotopic (exact) mass is 360 g/mol. The van der Waals surface area contributed by atoms with E-state index in [0.717, 1.165) is 11.3 Å². The smallest absolute Gasteiger partial charge is 0.302 e. The van der Waals surface area contributed by atoms with Gasteiger partial charge in [0.1, 0.15) is 11.8 Å². The molecule has 1 atom stereocenters. The van der Waals surface area contributed by atoms with Crippen molar-refractivity contribution in [2.24, 2.45) is 0 Å². The first-order valence-electron chi connectivity index (χ1n) is 8.79. The van der Waals surface area contributed by atoms with E-state index >= 15 is 0 Å². The molecule has 1 aliphatic heterocycles. The number of rotatable bonds is 5. The topological polar surface area (TPSA) is 86.6 Å². The Hall–Kier alpha value is -2.41. The highest BCUT2D eigenvalue weighted by Crippen LogP contribution is 2.35. The van der Waals surface area contributed by atoms with Crippen LogP contribution in [-0.2, 0) is 27.2 Å². The van der Waals surface area contributed by atoms with Gasteiger partial charge in [0.05, 0.1) is 17.9 Å². The lowest BCUT2D eigenvalue weighted by Crippen LogP contribution is -2.33. The molecule has 1 aromatic heterocycles. The van der Waals surface area contributed by atoms with Gasteiger partial charge in [-0.25, -0.2) is 0 Å². The molecule has 0 saturated carbocycles. The van der Waals surface area contributed by atoms with Crippen LogP contribution < -0.4 is 5.32 Å². The largest absolute Gasteiger partial charge is 0.462 e. The van der Waals surface area contributed by atoms with Gasteiger partial charge in [-0.15, -0.1) is 0 Å². The fourth-order valence-electron chi connectivity index (χ4n) is 3.82. The molecule has 0 fully saturated rings. The van der Waals surface area contributed by atoms with Crippen LogP contribution in [0.25, 0.3) is 0 Å². The molecule has 7 heteroatoms. The summed E-state index contributed by atoms with van der Waals surface area (Å²) in [4.78, 5) is 37.3. The third-order valence-corrected chi connectivity index (χ3v) is 5.06. The number of ketones is 2. The van der Waals surface area contributed by atoms with Crippen LogP contribution in [0.1, 0.15) is 52.4 Å². The second kappa shape index (κ2) is 7.07. The Morgan fingerprint density at radius 3 is 2.65 bits per heavy atom. The number of carbonyl (C=O) groups excluding carboxylic acids is 3. The van der Waals surface area contributed by atoms with Crippen LogP contribution in [0, 0.1) is 6.92 Å².